The number of hydrogen-bond donors (Lipinski definition) is 1. The summed E-state index contributed by atoms with van der Waals surface area (Å²) in [6.45, 7) is 4.77. The summed E-state index contributed by atoms with van der Waals surface area (Å²) in [4.78, 5) is 4.26. The minimum atomic E-state index is 0.0593. The molecule has 0 aliphatic carbocycles. The van der Waals surface area contributed by atoms with Gasteiger partial charge in [-0.1, -0.05) is 6.92 Å². The van der Waals surface area contributed by atoms with Crippen molar-refractivity contribution >= 4 is 11.3 Å². The summed E-state index contributed by atoms with van der Waals surface area (Å²) in [5.74, 6) is 0.0593. The van der Waals surface area contributed by atoms with E-state index in [1.165, 1.54) is 0 Å². The predicted octanol–water partition coefficient (Wildman–Crippen LogP) is 2.34. The largest absolute Gasteiger partial charge is 0.307 e. The van der Waals surface area contributed by atoms with Gasteiger partial charge in [-0.15, -0.1) is 11.3 Å². The van der Waals surface area contributed by atoms with Crippen LogP contribution in [0.5, 0.6) is 0 Å². The molecule has 14 heavy (non-hydrogen) atoms. The first-order valence-corrected chi connectivity index (χ1v) is 5.68. The first-order valence-electron chi connectivity index (χ1n) is 4.80. The molecule has 0 bridgehead atoms. The lowest BCUT2D eigenvalue weighted by atomic mass is 10.2. The van der Waals surface area contributed by atoms with Crippen molar-refractivity contribution in [3.05, 3.63) is 16.6 Å². The maximum Gasteiger partial charge on any atom is 0.109 e. The van der Waals surface area contributed by atoms with E-state index in [-0.39, 0.29) is 5.92 Å². The molecular formula is C10H15N3S. The highest BCUT2D eigenvalue weighted by atomic mass is 32.1. The molecular weight excluding hydrogens is 194 g/mol. The minimum Gasteiger partial charge on any atom is -0.307 e. The summed E-state index contributed by atoms with van der Waals surface area (Å²) < 4.78 is 0. The zero-order chi connectivity index (χ0) is 10.4. The van der Waals surface area contributed by atoms with Gasteiger partial charge in [0.1, 0.15) is 5.01 Å². The molecule has 1 aromatic heterocycles. The lowest BCUT2D eigenvalue weighted by Crippen LogP contribution is -2.25. The van der Waals surface area contributed by atoms with E-state index in [4.69, 9.17) is 5.26 Å². The second-order valence-electron chi connectivity index (χ2n) is 3.27. The Bertz CT molecular complexity index is 289. The summed E-state index contributed by atoms with van der Waals surface area (Å²) in [5.41, 5.74) is 0. The van der Waals surface area contributed by atoms with Gasteiger partial charge >= 0.3 is 0 Å². The molecule has 2 unspecified atom stereocenters. The molecule has 0 aliphatic heterocycles. The molecule has 76 valence electrons. The average Bonchev–Trinajstić information content (AvgIpc) is 2.72. The van der Waals surface area contributed by atoms with Crippen molar-refractivity contribution in [2.75, 3.05) is 6.54 Å². The van der Waals surface area contributed by atoms with Crippen molar-refractivity contribution in [3.63, 3.8) is 0 Å². The van der Waals surface area contributed by atoms with Crippen LogP contribution in [0.2, 0.25) is 0 Å². The molecule has 1 heterocycles. The van der Waals surface area contributed by atoms with Crippen molar-refractivity contribution in [3.8, 4) is 6.07 Å². The summed E-state index contributed by atoms with van der Waals surface area (Å²) in [6, 6.07) is 2.51. The Labute approximate surface area is 88.8 Å². The van der Waals surface area contributed by atoms with Crippen LogP contribution >= 0.6 is 11.3 Å². The van der Waals surface area contributed by atoms with E-state index in [1.54, 1.807) is 11.3 Å². The van der Waals surface area contributed by atoms with E-state index in [9.17, 15) is 0 Å². The van der Waals surface area contributed by atoms with E-state index in [2.05, 4.69) is 23.3 Å². The monoisotopic (exact) mass is 209 g/mol. The molecule has 1 N–H and O–H groups in total. The van der Waals surface area contributed by atoms with E-state index < -0.39 is 0 Å². The van der Waals surface area contributed by atoms with Crippen LogP contribution in [0, 0.1) is 17.2 Å². The molecule has 0 fully saturated rings. The van der Waals surface area contributed by atoms with Gasteiger partial charge in [-0.05, 0) is 13.3 Å². The number of nitriles is 1. The molecule has 0 aliphatic rings. The predicted molar refractivity (Wildman–Crippen MR) is 57.9 cm³/mol. The summed E-state index contributed by atoms with van der Waals surface area (Å²) >= 11 is 1.66. The zero-order valence-corrected chi connectivity index (χ0v) is 9.34. The molecule has 0 spiro atoms. The van der Waals surface area contributed by atoms with Crippen molar-refractivity contribution in [2.45, 2.75) is 26.3 Å². The van der Waals surface area contributed by atoms with Crippen LogP contribution in [0.1, 0.15) is 31.3 Å². The van der Waals surface area contributed by atoms with Crippen LogP contribution in [0.15, 0.2) is 11.6 Å². The van der Waals surface area contributed by atoms with Crippen molar-refractivity contribution in [1.82, 2.24) is 10.3 Å². The molecule has 2 atom stereocenters. The second kappa shape index (κ2) is 5.74. The minimum absolute atomic E-state index is 0.0593. The Morgan fingerprint density at radius 2 is 2.50 bits per heavy atom. The Morgan fingerprint density at radius 3 is 3.00 bits per heavy atom. The Kier molecular flexibility index (Phi) is 4.57. The van der Waals surface area contributed by atoms with Gasteiger partial charge in [-0.2, -0.15) is 5.26 Å². The third kappa shape index (κ3) is 3.09. The molecule has 3 nitrogen and oxygen atoms in total. The second-order valence-corrected chi connectivity index (χ2v) is 4.20. The summed E-state index contributed by atoms with van der Waals surface area (Å²) in [5, 5.41) is 15.1. The van der Waals surface area contributed by atoms with Gasteiger partial charge in [0.15, 0.2) is 0 Å². The fourth-order valence-corrected chi connectivity index (χ4v) is 1.97. The maximum atomic E-state index is 8.65. The topological polar surface area (TPSA) is 48.7 Å². The van der Waals surface area contributed by atoms with Gasteiger partial charge in [-0.25, -0.2) is 4.98 Å². The quantitative estimate of drug-likeness (QED) is 0.809. The third-order valence-electron chi connectivity index (χ3n) is 2.05. The molecule has 1 rings (SSSR count). The number of rotatable bonds is 5. The van der Waals surface area contributed by atoms with Crippen molar-refractivity contribution < 1.29 is 0 Å². The van der Waals surface area contributed by atoms with Crippen molar-refractivity contribution in [2.24, 2.45) is 5.92 Å². The lowest BCUT2D eigenvalue weighted by molar-refractivity contribution is 0.486. The first-order chi connectivity index (χ1) is 6.77. The zero-order valence-electron chi connectivity index (χ0n) is 8.53. The number of nitrogens with one attached hydrogen (secondary N) is 1. The molecule has 0 saturated carbocycles. The summed E-state index contributed by atoms with van der Waals surface area (Å²) in [6.07, 6.45) is 2.82. The normalized spacial score (nSPS) is 14.6. The highest BCUT2D eigenvalue weighted by Crippen LogP contribution is 2.18. The Balaban J connectivity index is 2.45. The Morgan fingerprint density at radius 1 is 1.71 bits per heavy atom. The van der Waals surface area contributed by atoms with Crippen LogP contribution in [0.4, 0.5) is 0 Å². The highest BCUT2D eigenvalue weighted by molar-refractivity contribution is 7.09. The van der Waals surface area contributed by atoms with Crippen LogP contribution in [-0.2, 0) is 0 Å². The first kappa shape index (κ1) is 11.2. The van der Waals surface area contributed by atoms with Crippen LogP contribution in [0.25, 0.3) is 0 Å². The van der Waals surface area contributed by atoms with Gasteiger partial charge in [-0.3, -0.25) is 0 Å². The SMILES string of the molecule is CCC(NCC(C)C#N)c1nccs1. The van der Waals surface area contributed by atoms with Crippen molar-refractivity contribution in [1.29, 1.82) is 5.26 Å². The fraction of sp³-hybridized carbons (Fsp3) is 0.600. The fourth-order valence-electron chi connectivity index (χ4n) is 1.18. The van der Waals surface area contributed by atoms with Gasteiger partial charge in [0.25, 0.3) is 0 Å². The Hall–Kier alpha value is -0.920. The van der Waals surface area contributed by atoms with Gasteiger partial charge in [0.2, 0.25) is 0 Å². The molecule has 1 aromatic rings. The number of thiazole rings is 1. The van der Waals surface area contributed by atoms with E-state index in [0.717, 1.165) is 18.0 Å². The molecule has 0 saturated heterocycles. The van der Waals surface area contributed by atoms with E-state index in [1.807, 2.05) is 18.5 Å². The number of aromatic nitrogens is 1. The van der Waals surface area contributed by atoms with Crippen LogP contribution < -0.4 is 5.32 Å². The average molecular weight is 209 g/mol. The number of nitrogens with zero attached hydrogens (tertiary/aromatic N) is 2. The maximum absolute atomic E-state index is 8.65. The highest BCUT2D eigenvalue weighted by Gasteiger charge is 2.11. The smallest absolute Gasteiger partial charge is 0.109 e. The number of hydrogen-bond acceptors (Lipinski definition) is 4. The van der Waals surface area contributed by atoms with Gasteiger partial charge < -0.3 is 5.32 Å². The van der Waals surface area contributed by atoms with E-state index >= 15 is 0 Å². The van der Waals surface area contributed by atoms with Crippen LogP contribution in [-0.4, -0.2) is 11.5 Å². The van der Waals surface area contributed by atoms with E-state index in [0.29, 0.717) is 6.04 Å². The lowest BCUT2D eigenvalue weighted by Gasteiger charge is -2.14. The van der Waals surface area contributed by atoms with Gasteiger partial charge in [0.05, 0.1) is 18.0 Å². The molecule has 0 amide bonds. The standard InChI is InChI=1S/C10H15N3S/c1-3-9(10-12-4-5-14-10)13-7-8(2)6-11/h4-5,8-9,13H,3,7H2,1-2H3. The van der Waals surface area contributed by atoms with Gasteiger partial charge in [0, 0.05) is 18.1 Å². The van der Waals surface area contributed by atoms with Crippen LogP contribution in [0.3, 0.4) is 0 Å². The molecule has 4 heteroatoms. The third-order valence-corrected chi connectivity index (χ3v) is 2.94. The molecule has 0 aromatic carbocycles. The molecule has 0 radical (unpaired) electrons. The summed E-state index contributed by atoms with van der Waals surface area (Å²) in [7, 11) is 0.